The molecule has 0 aromatic heterocycles. The highest BCUT2D eigenvalue weighted by atomic mass is 16.2. The van der Waals surface area contributed by atoms with E-state index in [4.69, 9.17) is 5.73 Å². The molecule has 1 aliphatic heterocycles. The van der Waals surface area contributed by atoms with Crippen LogP contribution in [0.4, 0.5) is 5.69 Å². The number of anilines is 1. The van der Waals surface area contributed by atoms with Crippen molar-refractivity contribution in [2.24, 2.45) is 0 Å². The Morgan fingerprint density at radius 3 is 2.78 bits per heavy atom. The lowest BCUT2D eigenvalue weighted by atomic mass is 10.1. The summed E-state index contributed by atoms with van der Waals surface area (Å²) >= 11 is 0. The standard InChI is InChI=1S/C15H22N2O/c1-11-8-13(10-14(16)9-11)15(18)17-7-5-3-4-6-12(17)2/h8-10,12H,3-7,16H2,1-2H3. The molecule has 1 aliphatic rings. The lowest BCUT2D eigenvalue weighted by Crippen LogP contribution is -2.38. The van der Waals surface area contributed by atoms with E-state index < -0.39 is 0 Å². The Morgan fingerprint density at radius 2 is 2.06 bits per heavy atom. The van der Waals surface area contributed by atoms with Gasteiger partial charge in [-0.15, -0.1) is 0 Å². The summed E-state index contributed by atoms with van der Waals surface area (Å²) in [4.78, 5) is 14.5. The smallest absolute Gasteiger partial charge is 0.254 e. The Hall–Kier alpha value is -1.51. The number of nitrogens with two attached hydrogens (primary N) is 1. The number of benzene rings is 1. The van der Waals surface area contributed by atoms with Gasteiger partial charge in [-0.2, -0.15) is 0 Å². The number of carbonyl (C=O) groups is 1. The van der Waals surface area contributed by atoms with Gasteiger partial charge in [0.2, 0.25) is 0 Å². The van der Waals surface area contributed by atoms with Crippen molar-refractivity contribution >= 4 is 11.6 Å². The summed E-state index contributed by atoms with van der Waals surface area (Å²) in [6.45, 7) is 4.98. The summed E-state index contributed by atoms with van der Waals surface area (Å²) in [5.41, 5.74) is 8.25. The van der Waals surface area contributed by atoms with Crippen molar-refractivity contribution in [1.29, 1.82) is 0 Å². The van der Waals surface area contributed by atoms with Crippen LogP contribution >= 0.6 is 0 Å². The van der Waals surface area contributed by atoms with Gasteiger partial charge in [0.1, 0.15) is 0 Å². The molecule has 0 radical (unpaired) electrons. The van der Waals surface area contributed by atoms with E-state index in [1.165, 1.54) is 12.8 Å². The average Bonchev–Trinajstić information content (AvgIpc) is 2.51. The van der Waals surface area contributed by atoms with Crippen LogP contribution in [0.15, 0.2) is 18.2 Å². The fraction of sp³-hybridized carbons (Fsp3) is 0.533. The zero-order valence-electron chi connectivity index (χ0n) is 11.3. The molecule has 1 fully saturated rings. The molecule has 98 valence electrons. The minimum Gasteiger partial charge on any atom is -0.399 e. The molecule has 3 heteroatoms. The van der Waals surface area contributed by atoms with Crippen molar-refractivity contribution in [3.05, 3.63) is 29.3 Å². The van der Waals surface area contributed by atoms with Crippen LogP contribution in [0.25, 0.3) is 0 Å². The molecule has 1 amide bonds. The number of hydrogen-bond acceptors (Lipinski definition) is 2. The molecule has 3 nitrogen and oxygen atoms in total. The van der Waals surface area contributed by atoms with Crippen LogP contribution in [0.3, 0.4) is 0 Å². The van der Waals surface area contributed by atoms with E-state index in [0.29, 0.717) is 11.7 Å². The molecule has 1 atom stereocenters. The van der Waals surface area contributed by atoms with Gasteiger partial charge in [0.15, 0.2) is 0 Å². The summed E-state index contributed by atoms with van der Waals surface area (Å²) < 4.78 is 0. The lowest BCUT2D eigenvalue weighted by molar-refractivity contribution is 0.0698. The van der Waals surface area contributed by atoms with Gasteiger partial charge < -0.3 is 10.6 Å². The van der Waals surface area contributed by atoms with Crippen molar-refractivity contribution in [3.8, 4) is 0 Å². The second-order valence-electron chi connectivity index (χ2n) is 5.33. The highest BCUT2D eigenvalue weighted by Gasteiger charge is 2.23. The number of nitrogen functional groups attached to an aromatic ring is 1. The molecular weight excluding hydrogens is 224 g/mol. The van der Waals surface area contributed by atoms with E-state index in [9.17, 15) is 4.79 Å². The van der Waals surface area contributed by atoms with Gasteiger partial charge in [-0.1, -0.05) is 12.8 Å². The number of rotatable bonds is 1. The van der Waals surface area contributed by atoms with Gasteiger partial charge in [-0.3, -0.25) is 4.79 Å². The van der Waals surface area contributed by atoms with Crippen molar-refractivity contribution in [3.63, 3.8) is 0 Å². The Morgan fingerprint density at radius 1 is 1.28 bits per heavy atom. The third-order valence-electron chi connectivity index (χ3n) is 3.66. The monoisotopic (exact) mass is 246 g/mol. The van der Waals surface area contributed by atoms with Crippen LogP contribution in [0.1, 0.15) is 48.5 Å². The van der Waals surface area contributed by atoms with Crippen LogP contribution in [0, 0.1) is 6.92 Å². The molecule has 1 aromatic rings. The Bertz CT molecular complexity index is 422. The van der Waals surface area contributed by atoms with Gasteiger partial charge in [-0.05, 0) is 50.5 Å². The summed E-state index contributed by atoms with van der Waals surface area (Å²) in [7, 11) is 0. The maximum absolute atomic E-state index is 12.5. The van der Waals surface area contributed by atoms with Crippen LogP contribution < -0.4 is 5.73 Å². The van der Waals surface area contributed by atoms with Gasteiger partial charge >= 0.3 is 0 Å². The number of hydrogen-bond donors (Lipinski definition) is 1. The number of likely N-dealkylation sites (tertiary alicyclic amines) is 1. The quantitative estimate of drug-likeness (QED) is 0.774. The van der Waals surface area contributed by atoms with E-state index in [-0.39, 0.29) is 5.91 Å². The predicted molar refractivity (Wildman–Crippen MR) is 74.6 cm³/mol. The topological polar surface area (TPSA) is 46.3 Å². The van der Waals surface area contributed by atoms with Crippen LogP contribution in [-0.2, 0) is 0 Å². The van der Waals surface area contributed by atoms with Gasteiger partial charge in [0, 0.05) is 23.8 Å². The van der Waals surface area contributed by atoms with Crippen LogP contribution in [-0.4, -0.2) is 23.4 Å². The predicted octanol–water partition coefficient (Wildman–Crippen LogP) is 2.98. The van der Waals surface area contributed by atoms with E-state index in [1.54, 1.807) is 6.07 Å². The maximum atomic E-state index is 12.5. The third kappa shape index (κ3) is 2.84. The highest BCUT2D eigenvalue weighted by Crippen LogP contribution is 2.20. The normalized spacial score (nSPS) is 20.6. The molecule has 1 unspecified atom stereocenters. The molecule has 0 spiro atoms. The fourth-order valence-corrected chi connectivity index (χ4v) is 2.68. The minimum absolute atomic E-state index is 0.125. The molecule has 0 bridgehead atoms. The number of nitrogens with zero attached hydrogens (tertiary/aromatic N) is 1. The molecule has 1 aromatic carbocycles. The van der Waals surface area contributed by atoms with E-state index in [2.05, 4.69) is 6.92 Å². The molecule has 2 N–H and O–H groups in total. The Kier molecular flexibility index (Phi) is 3.90. The minimum atomic E-state index is 0.125. The number of carbonyl (C=O) groups excluding carboxylic acids is 1. The fourth-order valence-electron chi connectivity index (χ4n) is 2.68. The van der Waals surface area contributed by atoms with Crippen molar-refractivity contribution in [2.45, 2.75) is 45.6 Å². The van der Waals surface area contributed by atoms with Crippen molar-refractivity contribution in [2.75, 3.05) is 12.3 Å². The summed E-state index contributed by atoms with van der Waals surface area (Å²) in [5.74, 6) is 0.125. The molecule has 1 heterocycles. The second kappa shape index (κ2) is 5.42. The summed E-state index contributed by atoms with van der Waals surface area (Å²) in [5, 5.41) is 0. The second-order valence-corrected chi connectivity index (χ2v) is 5.33. The highest BCUT2D eigenvalue weighted by molar-refractivity contribution is 5.95. The zero-order chi connectivity index (χ0) is 13.1. The first-order valence-electron chi connectivity index (χ1n) is 6.76. The first kappa shape index (κ1) is 12.9. The SMILES string of the molecule is Cc1cc(N)cc(C(=O)N2CCCCCC2C)c1. The summed E-state index contributed by atoms with van der Waals surface area (Å²) in [6, 6.07) is 5.94. The van der Waals surface area contributed by atoms with Crippen LogP contribution in [0.5, 0.6) is 0 Å². The van der Waals surface area contributed by atoms with E-state index >= 15 is 0 Å². The zero-order valence-corrected chi connectivity index (χ0v) is 11.3. The first-order chi connectivity index (χ1) is 8.58. The third-order valence-corrected chi connectivity index (χ3v) is 3.66. The lowest BCUT2D eigenvalue weighted by Gasteiger charge is -2.27. The van der Waals surface area contributed by atoms with Gasteiger partial charge in [-0.25, -0.2) is 0 Å². The maximum Gasteiger partial charge on any atom is 0.254 e. The molecule has 0 aliphatic carbocycles. The van der Waals surface area contributed by atoms with Gasteiger partial charge in [0.25, 0.3) is 5.91 Å². The van der Waals surface area contributed by atoms with Crippen molar-refractivity contribution in [1.82, 2.24) is 4.90 Å². The van der Waals surface area contributed by atoms with E-state index in [0.717, 1.165) is 30.5 Å². The first-order valence-corrected chi connectivity index (χ1v) is 6.76. The number of amides is 1. The van der Waals surface area contributed by atoms with Gasteiger partial charge in [0.05, 0.1) is 0 Å². The summed E-state index contributed by atoms with van der Waals surface area (Å²) in [6.07, 6.45) is 4.66. The Balaban J connectivity index is 2.23. The molecule has 18 heavy (non-hydrogen) atoms. The average molecular weight is 246 g/mol. The Labute approximate surface area is 109 Å². The molecule has 0 saturated carbocycles. The van der Waals surface area contributed by atoms with Crippen molar-refractivity contribution < 1.29 is 4.79 Å². The van der Waals surface area contributed by atoms with Crippen LogP contribution in [0.2, 0.25) is 0 Å². The van der Waals surface area contributed by atoms with E-state index in [1.807, 2.05) is 24.0 Å². The molecule has 2 rings (SSSR count). The molecule has 1 saturated heterocycles. The largest absolute Gasteiger partial charge is 0.399 e. The number of aryl methyl sites for hydroxylation is 1. The molecular formula is C15H22N2O.